The van der Waals surface area contributed by atoms with E-state index in [0.29, 0.717) is 4.34 Å². The maximum Gasteiger partial charge on any atom is 0.420 e. The van der Waals surface area contributed by atoms with Crippen LogP contribution in [-0.2, 0) is 21.4 Å². The highest BCUT2D eigenvalue weighted by Gasteiger charge is 2.31. The Labute approximate surface area is 184 Å². The topological polar surface area (TPSA) is 136 Å². The predicted octanol–water partition coefficient (Wildman–Crippen LogP) is 1.75. The summed E-state index contributed by atoms with van der Waals surface area (Å²) in [5.74, 6) is -1.20. The molecule has 14 heteroatoms. The first kappa shape index (κ1) is 21.5. The van der Waals surface area contributed by atoms with E-state index in [1.165, 1.54) is 33.5 Å². The van der Waals surface area contributed by atoms with Crippen LogP contribution in [0.1, 0.15) is 0 Å². The molecule has 31 heavy (non-hydrogen) atoms. The molecule has 0 bridgehead atoms. The molecule has 164 valence electrons. The number of hydrogen-bond donors (Lipinski definition) is 0. The van der Waals surface area contributed by atoms with E-state index in [-0.39, 0.29) is 59.6 Å². The summed E-state index contributed by atoms with van der Waals surface area (Å²) < 4.78 is 33.3. The van der Waals surface area contributed by atoms with Crippen LogP contribution in [0.5, 0.6) is 0 Å². The van der Waals surface area contributed by atoms with E-state index in [1.807, 2.05) is 0 Å². The van der Waals surface area contributed by atoms with Crippen molar-refractivity contribution >= 4 is 55.7 Å². The first-order chi connectivity index (χ1) is 14.7. The zero-order valence-corrected chi connectivity index (χ0v) is 18.2. The first-order valence-corrected chi connectivity index (χ1v) is 11.6. The molecule has 0 unspecified atom stereocenters. The highest BCUT2D eigenvalue weighted by Crippen LogP contribution is 2.28. The number of piperazine rings is 1. The largest absolute Gasteiger partial charge is 0.420 e. The van der Waals surface area contributed by atoms with Crippen molar-refractivity contribution in [3.8, 4) is 0 Å². The molecule has 1 amide bonds. The molecular weight excluding hydrogens is 472 g/mol. The number of aromatic nitrogens is 1. The minimum Gasteiger partial charge on any atom is -0.407 e. The molecule has 0 spiro atoms. The molecule has 0 aliphatic carbocycles. The second-order valence-electron chi connectivity index (χ2n) is 6.71. The smallest absolute Gasteiger partial charge is 0.407 e. The van der Waals surface area contributed by atoms with Crippen molar-refractivity contribution in [2.45, 2.75) is 10.8 Å². The Bertz CT molecular complexity index is 1340. The van der Waals surface area contributed by atoms with Crippen LogP contribution >= 0.6 is 22.9 Å². The molecule has 0 N–H and O–H groups in total. The highest BCUT2D eigenvalue weighted by atomic mass is 35.5. The van der Waals surface area contributed by atoms with Gasteiger partial charge in [0.2, 0.25) is 5.91 Å². The van der Waals surface area contributed by atoms with Gasteiger partial charge in [-0.3, -0.25) is 19.5 Å². The van der Waals surface area contributed by atoms with Gasteiger partial charge in [-0.1, -0.05) is 11.6 Å². The lowest BCUT2D eigenvalue weighted by Crippen LogP contribution is -2.51. The van der Waals surface area contributed by atoms with E-state index in [0.717, 1.165) is 22.0 Å². The van der Waals surface area contributed by atoms with Gasteiger partial charge in [-0.25, -0.2) is 13.2 Å². The number of non-ortho nitro benzene ring substituents is 1. The summed E-state index contributed by atoms with van der Waals surface area (Å²) >= 11 is 6.80. The minimum atomic E-state index is -3.68. The fourth-order valence-corrected chi connectivity index (χ4v) is 6.35. The maximum atomic E-state index is 12.7. The Hall–Kier alpha value is -2.74. The standard InChI is InChI=1S/C17H15ClN4O7S2/c18-14-3-4-16(30-14)31(27,28)20-7-5-19(6-8-20)15(23)10-21-12-2-1-11(22(25)26)9-13(12)29-17(21)24/h1-4,9H,5-8,10H2. The van der Waals surface area contributed by atoms with Crippen LogP contribution in [0.3, 0.4) is 0 Å². The lowest BCUT2D eigenvalue weighted by molar-refractivity contribution is -0.384. The molecule has 11 nitrogen and oxygen atoms in total. The number of nitro benzene ring substituents is 1. The second-order valence-corrected chi connectivity index (χ2v) is 10.6. The summed E-state index contributed by atoms with van der Waals surface area (Å²) in [6, 6.07) is 6.65. The number of nitro groups is 1. The third kappa shape index (κ3) is 4.08. The van der Waals surface area contributed by atoms with Gasteiger partial charge in [0, 0.05) is 32.2 Å². The zero-order chi connectivity index (χ0) is 22.3. The molecule has 0 saturated carbocycles. The number of oxazole rings is 1. The quantitative estimate of drug-likeness (QED) is 0.395. The Morgan fingerprint density at radius 1 is 1.19 bits per heavy atom. The van der Waals surface area contributed by atoms with Crippen molar-refractivity contribution in [2.24, 2.45) is 0 Å². The van der Waals surface area contributed by atoms with Gasteiger partial charge in [0.25, 0.3) is 15.7 Å². The maximum absolute atomic E-state index is 12.7. The van der Waals surface area contributed by atoms with Gasteiger partial charge in [0.05, 0.1) is 20.8 Å². The van der Waals surface area contributed by atoms with Crippen LogP contribution in [0.15, 0.2) is 43.8 Å². The average molecular weight is 487 g/mol. The van der Waals surface area contributed by atoms with Crippen molar-refractivity contribution in [2.75, 3.05) is 26.2 Å². The molecule has 1 aliphatic heterocycles. The Morgan fingerprint density at radius 2 is 1.90 bits per heavy atom. The van der Waals surface area contributed by atoms with Crippen molar-refractivity contribution < 1.29 is 22.6 Å². The number of amides is 1. The second kappa shape index (κ2) is 8.07. The number of carbonyl (C=O) groups is 1. The van der Waals surface area contributed by atoms with Gasteiger partial charge in [-0.2, -0.15) is 4.31 Å². The Balaban J connectivity index is 1.46. The number of nitrogens with zero attached hydrogens (tertiary/aromatic N) is 4. The van der Waals surface area contributed by atoms with Gasteiger partial charge in [-0.15, -0.1) is 11.3 Å². The van der Waals surface area contributed by atoms with Gasteiger partial charge in [-0.05, 0) is 18.2 Å². The fourth-order valence-electron chi connectivity index (χ4n) is 3.30. The van der Waals surface area contributed by atoms with E-state index in [1.54, 1.807) is 0 Å². The normalized spacial score (nSPS) is 15.5. The van der Waals surface area contributed by atoms with E-state index in [9.17, 15) is 28.1 Å². The van der Waals surface area contributed by atoms with E-state index in [4.69, 9.17) is 16.0 Å². The monoisotopic (exact) mass is 486 g/mol. The lowest BCUT2D eigenvalue weighted by atomic mass is 10.3. The summed E-state index contributed by atoms with van der Waals surface area (Å²) in [5.41, 5.74) is 0.0429. The van der Waals surface area contributed by atoms with Crippen molar-refractivity contribution in [1.29, 1.82) is 0 Å². The molecule has 1 saturated heterocycles. The van der Waals surface area contributed by atoms with Crippen molar-refractivity contribution in [1.82, 2.24) is 13.8 Å². The summed E-state index contributed by atoms with van der Waals surface area (Å²) in [6.07, 6.45) is 0. The number of benzene rings is 1. The molecule has 1 aliphatic rings. The van der Waals surface area contributed by atoms with Crippen LogP contribution in [0.4, 0.5) is 5.69 Å². The first-order valence-electron chi connectivity index (χ1n) is 8.98. The van der Waals surface area contributed by atoms with Crippen LogP contribution in [-0.4, -0.2) is 59.2 Å². The van der Waals surface area contributed by atoms with E-state index < -0.39 is 20.7 Å². The Morgan fingerprint density at radius 3 is 2.52 bits per heavy atom. The van der Waals surface area contributed by atoms with Gasteiger partial charge < -0.3 is 9.32 Å². The molecule has 1 fully saturated rings. The van der Waals surface area contributed by atoms with Crippen molar-refractivity contribution in [3.63, 3.8) is 0 Å². The lowest BCUT2D eigenvalue weighted by Gasteiger charge is -2.33. The van der Waals surface area contributed by atoms with Crippen molar-refractivity contribution in [3.05, 3.63) is 55.3 Å². The van der Waals surface area contributed by atoms with Gasteiger partial charge in [0.1, 0.15) is 10.8 Å². The number of thiophene rings is 1. The van der Waals surface area contributed by atoms with Crippen LogP contribution in [0.25, 0.3) is 11.1 Å². The summed E-state index contributed by atoms with van der Waals surface area (Å²) in [4.78, 5) is 36.6. The van der Waals surface area contributed by atoms with Crippen LogP contribution in [0.2, 0.25) is 4.34 Å². The number of fused-ring (bicyclic) bond motifs is 1. The number of hydrogen-bond acceptors (Lipinski definition) is 8. The number of rotatable bonds is 5. The van der Waals surface area contributed by atoms with E-state index >= 15 is 0 Å². The molecule has 0 radical (unpaired) electrons. The molecule has 4 rings (SSSR count). The molecule has 3 aromatic rings. The average Bonchev–Trinajstić information content (AvgIpc) is 3.31. The number of carbonyl (C=O) groups excluding carboxylic acids is 1. The van der Waals surface area contributed by atoms with E-state index in [2.05, 4.69) is 0 Å². The fraction of sp³-hybridized carbons (Fsp3) is 0.294. The predicted molar refractivity (Wildman–Crippen MR) is 112 cm³/mol. The molecule has 1 aromatic carbocycles. The summed E-state index contributed by atoms with van der Waals surface area (Å²) in [7, 11) is -3.68. The van der Waals surface area contributed by atoms with Gasteiger partial charge in [0.15, 0.2) is 5.58 Å². The number of sulfonamides is 1. The highest BCUT2D eigenvalue weighted by molar-refractivity contribution is 7.91. The molecule has 0 atom stereocenters. The zero-order valence-electron chi connectivity index (χ0n) is 15.8. The molecular formula is C17H15ClN4O7S2. The summed E-state index contributed by atoms with van der Waals surface area (Å²) in [5, 5.41) is 10.9. The van der Waals surface area contributed by atoms with Crippen LogP contribution < -0.4 is 5.76 Å². The molecule has 3 heterocycles. The minimum absolute atomic E-state index is 0.0116. The number of halogens is 1. The summed E-state index contributed by atoms with van der Waals surface area (Å²) in [6.45, 7) is 0.213. The Kier molecular flexibility index (Phi) is 5.60. The third-order valence-corrected chi connectivity index (χ3v) is 8.49. The van der Waals surface area contributed by atoms with Gasteiger partial charge >= 0.3 is 5.76 Å². The molecule has 2 aromatic heterocycles. The SMILES string of the molecule is O=C(Cn1c(=O)oc2cc([N+](=O)[O-])ccc21)N1CCN(S(=O)(=O)c2ccc(Cl)s2)CC1. The van der Waals surface area contributed by atoms with Crippen LogP contribution in [0, 0.1) is 10.1 Å². The third-order valence-electron chi connectivity index (χ3n) is 4.89.